The number of azo groups is 1. The highest BCUT2D eigenvalue weighted by atomic mass is 32.2. The molecule has 0 unspecified atom stereocenters. The summed E-state index contributed by atoms with van der Waals surface area (Å²) in [7, 11) is -4.62. The minimum Gasteiger partial charge on any atom is -0.506 e. The van der Waals surface area contributed by atoms with Crippen LogP contribution in [-0.4, -0.2) is 48.1 Å². The molecular formula is C50H56N4O9S. The lowest BCUT2D eigenvalue weighted by Crippen LogP contribution is -2.25. The Morgan fingerprint density at radius 3 is 2.12 bits per heavy atom. The van der Waals surface area contributed by atoms with Crippen molar-refractivity contribution < 1.29 is 42.2 Å². The molecule has 6 aromatic rings. The molecule has 336 valence electrons. The molecule has 0 saturated carbocycles. The zero-order valence-electron chi connectivity index (χ0n) is 37.5. The number of fused-ring (bicyclic) bond motifs is 2. The number of ether oxygens (including phenoxy) is 2. The fourth-order valence-electron chi connectivity index (χ4n) is 7.29. The van der Waals surface area contributed by atoms with E-state index in [1.807, 2.05) is 6.07 Å². The number of nitrogens with zero attached hydrogens (tertiary/aromatic N) is 2. The summed E-state index contributed by atoms with van der Waals surface area (Å²) in [6.07, 6.45) is 3.38. The monoisotopic (exact) mass is 888 g/mol. The fraction of sp³-hybridized carbons (Fsp3) is 0.320. The van der Waals surface area contributed by atoms with Crippen molar-refractivity contribution in [2.45, 2.75) is 96.8 Å². The molecule has 0 atom stereocenters. The molecule has 0 aromatic heterocycles. The third-order valence-electron chi connectivity index (χ3n) is 11.9. The van der Waals surface area contributed by atoms with Gasteiger partial charge in [0.05, 0.1) is 28.4 Å². The number of benzene rings is 6. The van der Waals surface area contributed by atoms with Crippen molar-refractivity contribution in [3.63, 3.8) is 0 Å². The van der Waals surface area contributed by atoms with Crippen LogP contribution < -0.4 is 20.1 Å². The molecule has 0 aliphatic rings. The lowest BCUT2D eigenvalue weighted by atomic mass is 9.76. The first kappa shape index (κ1) is 47.0. The van der Waals surface area contributed by atoms with Crippen LogP contribution in [0.4, 0.5) is 17.1 Å². The molecule has 64 heavy (non-hydrogen) atoms. The summed E-state index contributed by atoms with van der Waals surface area (Å²) in [6, 6.07) is 25.5. The summed E-state index contributed by atoms with van der Waals surface area (Å²) in [5.41, 5.74) is 3.47. The van der Waals surface area contributed by atoms with Gasteiger partial charge in [0.2, 0.25) is 5.91 Å². The SMILES string of the molecule is CCC(C)(C)c1ccc(OCCCCNC(=O)c2cc(Oc3ccc(/N=N/c4c(C)cc5cc(S(=O)(=O)O)cc(NC(C)=O)c5c4O)cc3)c3ccccc3c2O)c(C(C)(C)CC)c1. The summed E-state index contributed by atoms with van der Waals surface area (Å²) >= 11 is 0. The van der Waals surface area contributed by atoms with Gasteiger partial charge in [-0.1, -0.05) is 77.9 Å². The van der Waals surface area contributed by atoms with E-state index in [0.29, 0.717) is 59.5 Å². The second-order valence-electron chi connectivity index (χ2n) is 17.2. The zero-order chi connectivity index (χ0) is 46.6. The summed E-state index contributed by atoms with van der Waals surface area (Å²) in [4.78, 5) is 25.0. The van der Waals surface area contributed by atoms with Crippen LogP contribution in [0.5, 0.6) is 28.7 Å². The minimum absolute atomic E-state index is 0.0322. The highest BCUT2D eigenvalue weighted by molar-refractivity contribution is 7.85. The lowest BCUT2D eigenvalue weighted by molar-refractivity contribution is -0.114. The van der Waals surface area contributed by atoms with Crippen LogP contribution in [0.3, 0.4) is 0 Å². The summed E-state index contributed by atoms with van der Waals surface area (Å²) in [6.45, 7) is 17.1. The standard InChI is InChI=1S/C50H56N4O9S/c1-9-49(5,6)33-17-22-42(40(27-33)50(7,8)10-2)62-24-14-13-23-51-48(58)39-29-43(37-15-11-12-16-38(37)46(39)56)63-35-20-18-34(19-21-35)53-54-45-30(3)25-32-26-36(64(59,60)61)28-41(52-31(4)55)44(32)47(45)57/h11-12,15-22,25-29,56-57H,9-10,13-14,23-24H2,1-8H3,(H,51,58)(H,52,55)(H,59,60,61)/b54-53+. The molecule has 2 amide bonds. The average molecular weight is 889 g/mol. The van der Waals surface area contributed by atoms with Crippen LogP contribution in [0.25, 0.3) is 21.5 Å². The van der Waals surface area contributed by atoms with Crippen molar-refractivity contribution in [1.82, 2.24) is 5.32 Å². The maximum atomic E-state index is 13.5. The van der Waals surface area contributed by atoms with Crippen LogP contribution >= 0.6 is 0 Å². The Labute approximate surface area is 374 Å². The van der Waals surface area contributed by atoms with Crippen molar-refractivity contribution in [2.75, 3.05) is 18.5 Å². The van der Waals surface area contributed by atoms with Crippen molar-refractivity contribution in [3.8, 4) is 28.7 Å². The number of carbonyl (C=O) groups is 2. The molecule has 0 heterocycles. The number of anilines is 1. The van der Waals surface area contributed by atoms with Gasteiger partial charge >= 0.3 is 0 Å². The molecule has 6 aromatic carbocycles. The second-order valence-corrected chi connectivity index (χ2v) is 18.6. The van der Waals surface area contributed by atoms with E-state index in [2.05, 4.69) is 80.6 Å². The molecule has 5 N–H and O–H groups in total. The van der Waals surface area contributed by atoms with Gasteiger partial charge in [-0.15, -0.1) is 5.11 Å². The maximum absolute atomic E-state index is 13.5. The summed E-state index contributed by atoms with van der Waals surface area (Å²) in [5.74, 6) is 0.176. The smallest absolute Gasteiger partial charge is 0.294 e. The fourth-order valence-corrected chi connectivity index (χ4v) is 7.83. The zero-order valence-corrected chi connectivity index (χ0v) is 38.3. The Morgan fingerprint density at radius 2 is 1.47 bits per heavy atom. The highest BCUT2D eigenvalue weighted by Gasteiger charge is 2.27. The molecule has 0 spiro atoms. The van der Waals surface area contributed by atoms with Crippen molar-refractivity contribution >= 4 is 60.5 Å². The van der Waals surface area contributed by atoms with E-state index in [1.54, 1.807) is 55.5 Å². The predicted molar refractivity (Wildman–Crippen MR) is 251 cm³/mol. The van der Waals surface area contributed by atoms with Gasteiger partial charge in [0.25, 0.3) is 16.0 Å². The molecule has 13 nitrogen and oxygen atoms in total. The van der Waals surface area contributed by atoms with E-state index in [0.717, 1.165) is 24.7 Å². The number of amides is 2. The van der Waals surface area contributed by atoms with Crippen LogP contribution in [0, 0.1) is 6.92 Å². The first-order valence-electron chi connectivity index (χ1n) is 21.3. The molecule has 6 rings (SSSR count). The molecule has 0 radical (unpaired) electrons. The first-order chi connectivity index (χ1) is 30.2. The van der Waals surface area contributed by atoms with Gasteiger partial charge in [-0.2, -0.15) is 13.5 Å². The topological polar surface area (TPSA) is 196 Å². The van der Waals surface area contributed by atoms with Gasteiger partial charge in [-0.05, 0) is 115 Å². The number of rotatable bonds is 17. The quantitative estimate of drug-likeness (QED) is 0.0336. The number of hydrogen-bond donors (Lipinski definition) is 5. The van der Waals surface area contributed by atoms with E-state index >= 15 is 0 Å². The third kappa shape index (κ3) is 10.5. The van der Waals surface area contributed by atoms with Crippen molar-refractivity contribution in [3.05, 3.63) is 113 Å². The Hall–Kier alpha value is -6.51. The Balaban J connectivity index is 1.13. The first-order valence-corrected chi connectivity index (χ1v) is 22.7. The van der Waals surface area contributed by atoms with Gasteiger partial charge < -0.3 is 30.3 Å². The van der Waals surface area contributed by atoms with Crippen LogP contribution in [-0.2, 0) is 25.7 Å². The van der Waals surface area contributed by atoms with E-state index in [9.17, 15) is 32.8 Å². The van der Waals surface area contributed by atoms with Crippen molar-refractivity contribution in [2.24, 2.45) is 10.2 Å². The molecule has 0 aliphatic carbocycles. The predicted octanol–water partition coefficient (Wildman–Crippen LogP) is 12.1. The van der Waals surface area contributed by atoms with E-state index < -0.39 is 26.8 Å². The van der Waals surface area contributed by atoms with Crippen LogP contribution in [0.15, 0.2) is 106 Å². The average Bonchev–Trinajstić information content (AvgIpc) is 3.25. The Bertz CT molecular complexity index is 2870. The van der Waals surface area contributed by atoms with Gasteiger partial charge in [0.1, 0.15) is 28.7 Å². The second kappa shape index (κ2) is 19.1. The molecule has 0 aliphatic heterocycles. The van der Waals surface area contributed by atoms with Gasteiger partial charge in [-0.25, -0.2) is 0 Å². The van der Waals surface area contributed by atoms with Gasteiger partial charge in [0.15, 0.2) is 5.75 Å². The van der Waals surface area contributed by atoms with E-state index in [-0.39, 0.29) is 50.0 Å². The molecular weight excluding hydrogens is 833 g/mol. The number of aryl methyl sites for hydroxylation is 1. The summed E-state index contributed by atoms with van der Waals surface area (Å²) < 4.78 is 46.1. The van der Waals surface area contributed by atoms with Gasteiger partial charge in [-0.3, -0.25) is 14.1 Å². The van der Waals surface area contributed by atoms with E-state index in [4.69, 9.17) is 9.47 Å². The molecule has 0 saturated heterocycles. The number of phenolic OH excluding ortho intramolecular Hbond substituents is 2. The summed E-state index contributed by atoms with van der Waals surface area (Å²) in [5, 5.41) is 37.9. The lowest BCUT2D eigenvalue weighted by Gasteiger charge is -2.30. The van der Waals surface area contributed by atoms with Gasteiger partial charge in [0, 0.05) is 35.2 Å². The number of unbranched alkanes of at least 4 members (excludes halogenated alkanes) is 1. The van der Waals surface area contributed by atoms with Crippen LogP contribution in [0.1, 0.15) is 101 Å². The largest absolute Gasteiger partial charge is 0.506 e. The van der Waals surface area contributed by atoms with Crippen LogP contribution in [0.2, 0.25) is 0 Å². The molecule has 0 fully saturated rings. The normalized spacial score (nSPS) is 12.2. The number of nitrogens with one attached hydrogen (secondary N) is 2. The Morgan fingerprint density at radius 1 is 0.781 bits per heavy atom. The highest BCUT2D eigenvalue weighted by Crippen LogP contribution is 2.44. The van der Waals surface area contributed by atoms with Crippen molar-refractivity contribution in [1.29, 1.82) is 0 Å². The minimum atomic E-state index is -4.62. The number of carbonyl (C=O) groups excluding carboxylic acids is 2. The third-order valence-corrected chi connectivity index (χ3v) is 12.7. The maximum Gasteiger partial charge on any atom is 0.294 e. The van der Waals surface area contributed by atoms with E-state index in [1.165, 1.54) is 30.2 Å². The molecule has 0 bridgehead atoms. The number of aromatic hydroxyl groups is 2. The Kier molecular flexibility index (Phi) is 14.0. The molecule has 14 heteroatoms. The number of hydrogen-bond acceptors (Lipinski definition) is 10. The number of phenols is 2.